The number of carboxylic acid groups (broad SMARTS) is 1. The van der Waals surface area contributed by atoms with Gasteiger partial charge in [-0.3, -0.25) is 9.59 Å². The number of aromatic nitrogens is 1. The second-order valence-corrected chi connectivity index (χ2v) is 5.15. The van der Waals surface area contributed by atoms with Crippen molar-refractivity contribution >= 4 is 17.7 Å². The number of nitrogens with one attached hydrogen (secondary N) is 1. The number of carbonyl (C=O) groups is 2. The highest BCUT2D eigenvalue weighted by Gasteiger charge is 2.34. The van der Waals surface area contributed by atoms with Gasteiger partial charge < -0.3 is 10.4 Å². The number of carbonyl (C=O) groups excluding carboxylic acids is 1. The van der Waals surface area contributed by atoms with E-state index in [-0.39, 0.29) is 5.91 Å². The molecule has 2 rings (SSSR count). The zero-order chi connectivity index (χ0) is 14.7. The number of nitrogens with zero attached hydrogens (tertiary/aromatic N) is 1. The largest absolute Gasteiger partial charge is 0.481 e. The van der Waals surface area contributed by atoms with Crippen molar-refractivity contribution in [2.75, 3.05) is 5.32 Å². The van der Waals surface area contributed by atoms with Crippen LogP contribution in [0.15, 0.2) is 24.3 Å². The van der Waals surface area contributed by atoms with Crippen LogP contribution in [-0.2, 0) is 9.59 Å². The minimum atomic E-state index is -0.928. The molecule has 0 spiro atoms. The Kier molecular flexibility index (Phi) is 4.17. The van der Waals surface area contributed by atoms with Gasteiger partial charge in [0.05, 0.1) is 11.8 Å². The van der Waals surface area contributed by atoms with Crippen LogP contribution in [0.5, 0.6) is 0 Å². The van der Waals surface area contributed by atoms with Crippen LogP contribution in [-0.4, -0.2) is 22.0 Å². The van der Waals surface area contributed by atoms with E-state index in [0.29, 0.717) is 18.7 Å². The first-order valence-corrected chi connectivity index (χ1v) is 6.61. The maximum absolute atomic E-state index is 12.3. The normalized spacial score (nSPS) is 21.5. The van der Waals surface area contributed by atoms with Gasteiger partial charge in [0.25, 0.3) is 0 Å². The number of anilines is 1. The second kappa shape index (κ2) is 5.86. The molecule has 0 aromatic carbocycles. The molecule has 0 radical (unpaired) electrons. The predicted molar refractivity (Wildman–Crippen MR) is 75.3 cm³/mol. The molecule has 106 valence electrons. The number of pyridine rings is 1. The average Bonchev–Trinajstić information content (AvgIpc) is 2.37. The molecule has 0 unspecified atom stereocenters. The van der Waals surface area contributed by atoms with Gasteiger partial charge >= 0.3 is 5.97 Å². The number of allylic oxidation sites excluding steroid dienone is 2. The standard InChI is InChI=1S/C15H18N2O3/c1-9-7-10(2)16-13(8-9)17-14(18)11-5-3-4-6-12(11)15(19)20/h3-4,7-8,11-12H,5-6H2,1-2H3,(H,19,20)(H,16,17,18)/t11-,12+/m0/s1. The summed E-state index contributed by atoms with van der Waals surface area (Å²) in [5.41, 5.74) is 1.82. The monoisotopic (exact) mass is 274 g/mol. The highest BCUT2D eigenvalue weighted by atomic mass is 16.4. The molecule has 2 atom stereocenters. The Hall–Kier alpha value is -2.17. The first kappa shape index (κ1) is 14.2. The van der Waals surface area contributed by atoms with Crippen molar-refractivity contribution < 1.29 is 14.7 Å². The smallest absolute Gasteiger partial charge is 0.307 e. The Bertz CT molecular complexity index is 546. The van der Waals surface area contributed by atoms with Crippen molar-refractivity contribution in [3.63, 3.8) is 0 Å². The molecule has 1 amide bonds. The summed E-state index contributed by atoms with van der Waals surface area (Å²) in [6.45, 7) is 3.78. The number of amides is 1. The van der Waals surface area contributed by atoms with Crippen molar-refractivity contribution in [1.82, 2.24) is 4.98 Å². The lowest BCUT2D eigenvalue weighted by Gasteiger charge is -2.24. The fraction of sp³-hybridized carbons (Fsp3) is 0.400. The zero-order valence-corrected chi connectivity index (χ0v) is 11.6. The molecule has 0 fully saturated rings. The van der Waals surface area contributed by atoms with Gasteiger partial charge in [-0.25, -0.2) is 4.98 Å². The molecule has 0 bridgehead atoms. The van der Waals surface area contributed by atoms with Crippen LogP contribution in [0.2, 0.25) is 0 Å². The first-order chi connectivity index (χ1) is 9.47. The number of aliphatic carboxylic acids is 1. The fourth-order valence-corrected chi connectivity index (χ4v) is 2.50. The SMILES string of the molecule is Cc1cc(C)nc(NC(=O)[C@H]2CC=CC[C@H]2C(=O)O)c1. The average molecular weight is 274 g/mol. The van der Waals surface area contributed by atoms with E-state index in [1.165, 1.54) is 0 Å². The van der Waals surface area contributed by atoms with Gasteiger partial charge in [0.2, 0.25) is 5.91 Å². The molecule has 5 nitrogen and oxygen atoms in total. The Balaban J connectivity index is 2.14. The van der Waals surface area contributed by atoms with Crippen LogP contribution in [0, 0.1) is 25.7 Å². The number of carboxylic acids is 1. The Labute approximate surface area is 117 Å². The first-order valence-electron chi connectivity index (χ1n) is 6.61. The molecular formula is C15H18N2O3. The van der Waals surface area contributed by atoms with Gasteiger partial charge in [0.1, 0.15) is 5.82 Å². The Morgan fingerprint density at radius 1 is 1.20 bits per heavy atom. The van der Waals surface area contributed by atoms with Crippen molar-refractivity contribution in [3.8, 4) is 0 Å². The van der Waals surface area contributed by atoms with Crippen LogP contribution < -0.4 is 5.32 Å². The van der Waals surface area contributed by atoms with Gasteiger partial charge in [0.15, 0.2) is 0 Å². The Morgan fingerprint density at radius 3 is 2.45 bits per heavy atom. The number of rotatable bonds is 3. The van der Waals surface area contributed by atoms with E-state index in [2.05, 4.69) is 10.3 Å². The van der Waals surface area contributed by atoms with Gasteiger partial charge in [-0.2, -0.15) is 0 Å². The molecule has 1 aliphatic rings. The van der Waals surface area contributed by atoms with Gasteiger partial charge in [0, 0.05) is 5.69 Å². The minimum absolute atomic E-state index is 0.278. The highest BCUT2D eigenvalue weighted by molar-refractivity contribution is 5.94. The third kappa shape index (κ3) is 3.23. The maximum atomic E-state index is 12.3. The molecule has 0 aliphatic heterocycles. The summed E-state index contributed by atoms with van der Waals surface area (Å²) in [6, 6.07) is 3.69. The van der Waals surface area contributed by atoms with E-state index in [9.17, 15) is 14.7 Å². The molecule has 2 N–H and O–H groups in total. The molecule has 0 saturated carbocycles. The maximum Gasteiger partial charge on any atom is 0.307 e. The van der Waals surface area contributed by atoms with Crippen LogP contribution in [0.25, 0.3) is 0 Å². The van der Waals surface area contributed by atoms with E-state index in [4.69, 9.17) is 0 Å². The Morgan fingerprint density at radius 2 is 1.85 bits per heavy atom. The molecule has 1 aromatic heterocycles. The van der Waals surface area contributed by atoms with E-state index in [0.717, 1.165) is 11.3 Å². The molecule has 20 heavy (non-hydrogen) atoms. The fourth-order valence-electron chi connectivity index (χ4n) is 2.50. The summed E-state index contributed by atoms with van der Waals surface area (Å²) in [4.78, 5) is 27.7. The highest BCUT2D eigenvalue weighted by Crippen LogP contribution is 2.27. The van der Waals surface area contributed by atoms with E-state index in [1.807, 2.05) is 32.1 Å². The number of hydrogen-bond acceptors (Lipinski definition) is 3. The van der Waals surface area contributed by atoms with Gasteiger partial charge in [-0.05, 0) is 44.4 Å². The van der Waals surface area contributed by atoms with Crippen molar-refractivity contribution in [3.05, 3.63) is 35.5 Å². The summed E-state index contributed by atoms with van der Waals surface area (Å²) in [5, 5.41) is 11.9. The van der Waals surface area contributed by atoms with Crippen molar-refractivity contribution in [2.45, 2.75) is 26.7 Å². The van der Waals surface area contributed by atoms with Crippen molar-refractivity contribution in [2.24, 2.45) is 11.8 Å². The lowest BCUT2D eigenvalue weighted by atomic mass is 9.82. The molecule has 1 aromatic rings. The summed E-state index contributed by atoms with van der Waals surface area (Å²) < 4.78 is 0. The summed E-state index contributed by atoms with van der Waals surface area (Å²) in [7, 11) is 0. The van der Waals surface area contributed by atoms with Crippen LogP contribution in [0.4, 0.5) is 5.82 Å². The molecular weight excluding hydrogens is 256 g/mol. The molecule has 1 heterocycles. The molecule has 1 aliphatic carbocycles. The van der Waals surface area contributed by atoms with Gasteiger partial charge in [-0.15, -0.1) is 0 Å². The van der Waals surface area contributed by atoms with Crippen LogP contribution in [0.3, 0.4) is 0 Å². The lowest BCUT2D eigenvalue weighted by Crippen LogP contribution is -2.35. The minimum Gasteiger partial charge on any atom is -0.481 e. The van der Waals surface area contributed by atoms with Crippen LogP contribution in [0.1, 0.15) is 24.1 Å². The van der Waals surface area contributed by atoms with Gasteiger partial charge in [-0.1, -0.05) is 12.2 Å². The summed E-state index contributed by atoms with van der Waals surface area (Å²) in [6.07, 6.45) is 4.53. The molecule has 0 saturated heterocycles. The molecule has 5 heteroatoms. The number of aryl methyl sites for hydroxylation is 2. The van der Waals surface area contributed by atoms with E-state index in [1.54, 1.807) is 6.07 Å². The van der Waals surface area contributed by atoms with E-state index < -0.39 is 17.8 Å². The van der Waals surface area contributed by atoms with Crippen molar-refractivity contribution in [1.29, 1.82) is 0 Å². The third-order valence-corrected chi connectivity index (χ3v) is 3.44. The van der Waals surface area contributed by atoms with Crippen LogP contribution >= 0.6 is 0 Å². The predicted octanol–water partition coefficient (Wildman–Crippen LogP) is 2.30. The summed E-state index contributed by atoms with van der Waals surface area (Å²) >= 11 is 0. The topological polar surface area (TPSA) is 79.3 Å². The summed E-state index contributed by atoms with van der Waals surface area (Å²) in [5.74, 6) is -1.93. The quantitative estimate of drug-likeness (QED) is 0.829. The van der Waals surface area contributed by atoms with E-state index >= 15 is 0 Å². The third-order valence-electron chi connectivity index (χ3n) is 3.44. The lowest BCUT2D eigenvalue weighted by molar-refractivity contribution is -0.146. The second-order valence-electron chi connectivity index (χ2n) is 5.15. The number of hydrogen-bond donors (Lipinski definition) is 2. The zero-order valence-electron chi connectivity index (χ0n) is 11.6.